The summed E-state index contributed by atoms with van der Waals surface area (Å²) in [5.74, 6) is -1.31. The van der Waals surface area contributed by atoms with E-state index in [9.17, 15) is 19.1 Å². The minimum Gasteiger partial charge on any atom is -0.477 e. The van der Waals surface area contributed by atoms with Crippen LogP contribution in [-0.2, 0) is 0 Å². The molecule has 3 heterocycles. The highest BCUT2D eigenvalue weighted by Gasteiger charge is 2.47. The van der Waals surface area contributed by atoms with Crippen molar-refractivity contribution >= 4 is 17.2 Å². The summed E-state index contributed by atoms with van der Waals surface area (Å²) in [5.41, 5.74) is 8.19. The third kappa shape index (κ3) is 2.78. The Morgan fingerprint density at radius 1 is 1.31 bits per heavy atom. The smallest absolute Gasteiger partial charge is 0.343 e. The lowest BCUT2D eigenvalue weighted by molar-refractivity contribution is 0.0695. The van der Waals surface area contributed by atoms with Crippen molar-refractivity contribution in [1.82, 2.24) is 4.40 Å². The highest BCUT2D eigenvalue weighted by atomic mass is 19.1. The molecule has 2 unspecified atom stereocenters. The van der Waals surface area contributed by atoms with Gasteiger partial charge >= 0.3 is 5.97 Å². The van der Waals surface area contributed by atoms with Crippen LogP contribution in [0.4, 0.5) is 10.1 Å². The molecule has 0 spiro atoms. The summed E-state index contributed by atoms with van der Waals surface area (Å²) >= 11 is 0. The maximum absolute atomic E-state index is 14.1. The van der Waals surface area contributed by atoms with Crippen molar-refractivity contribution in [3.63, 3.8) is 0 Å². The number of aromatic nitrogens is 1. The van der Waals surface area contributed by atoms with Gasteiger partial charge in [0.25, 0.3) is 5.56 Å². The first kappa shape index (κ1) is 18.6. The van der Waals surface area contributed by atoms with Crippen molar-refractivity contribution in [2.45, 2.75) is 56.9 Å². The molecule has 29 heavy (non-hydrogen) atoms. The number of carbonyl (C=O) groups is 1. The number of hydrogen-bond donors (Lipinski definition) is 2. The summed E-state index contributed by atoms with van der Waals surface area (Å²) in [5, 5.41) is 9.99. The number of nitrogens with zero attached hydrogens (tertiary/aromatic N) is 2. The van der Waals surface area contributed by atoms with Crippen LogP contribution in [0, 0.1) is 18.7 Å². The second-order valence-electron chi connectivity index (χ2n) is 9.14. The lowest BCUT2D eigenvalue weighted by Crippen LogP contribution is -2.49. The Labute approximate surface area is 168 Å². The molecule has 2 aliphatic carbocycles. The second kappa shape index (κ2) is 6.29. The van der Waals surface area contributed by atoms with Gasteiger partial charge in [0.15, 0.2) is 0 Å². The number of carboxylic acid groups (broad SMARTS) is 1. The summed E-state index contributed by atoms with van der Waals surface area (Å²) < 4.78 is 15.3. The highest BCUT2D eigenvalue weighted by Crippen LogP contribution is 2.50. The maximum atomic E-state index is 14.1. The predicted octanol–water partition coefficient (Wildman–Crippen LogP) is 3.03. The molecule has 2 aromatic rings. The van der Waals surface area contributed by atoms with E-state index in [-0.39, 0.29) is 17.0 Å². The molecule has 2 saturated carbocycles. The van der Waals surface area contributed by atoms with Gasteiger partial charge < -0.3 is 15.7 Å². The first-order valence-electron chi connectivity index (χ1n) is 10.5. The van der Waals surface area contributed by atoms with Gasteiger partial charge in [-0.2, -0.15) is 0 Å². The van der Waals surface area contributed by atoms with Gasteiger partial charge in [-0.15, -0.1) is 0 Å². The second-order valence-corrected chi connectivity index (χ2v) is 9.14. The Kier molecular flexibility index (Phi) is 4.04. The number of nitrogens with two attached hydrogens (primary N) is 1. The molecule has 0 aromatic carbocycles. The van der Waals surface area contributed by atoms with Crippen molar-refractivity contribution in [3.8, 4) is 0 Å². The number of pyridine rings is 2. The van der Waals surface area contributed by atoms with Gasteiger partial charge in [0.2, 0.25) is 0 Å². The van der Waals surface area contributed by atoms with Crippen molar-refractivity contribution in [2.75, 3.05) is 18.0 Å². The van der Waals surface area contributed by atoms with Crippen LogP contribution in [0.2, 0.25) is 0 Å². The summed E-state index contributed by atoms with van der Waals surface area (Å²) in [7, 11) is 0. The molecule has 0 bridgehead atoms. The molecule has 2 atom stereocenters. The monoisotopic (exact) mass is 399 g/mol. The van der Waals surface area contributed by atoms with Crippen LogP contribution >= 0.6 is 0 Å². The van der Waals surface area contributed by atoms with E-state index in [1.807, 2.05) is 0 Å². The number of fused-ring (bicyclic) bond motifs is 2. The Balaban J connectivity index is 1.81. The van der Waals surface area contributed by atoms with E-state index in [0.29, 0.717) is 35.8 Å². The maximum Gasteiger partial charge on any atom is 0.343 e. The van der Waals surface area contributed by atoms with Gasteiger partial charge in [-0.1, -0.05) is 12.8 Å². The van der Waals surface area contributed by atoms with Crippen molar-refractivity contribution in [3.05, 3.63) is 45.1 Å². The Morgan fingerprint density at radius 2 is 2.07 bits per heavy atom. The number of rotatable bonds is 3. The van der Waals surface area contributed by atoms with E-state index < -0.39 is 17.3 Å². The molecule has 5 rings (SSSR count). The summed E-state index contributed by atoms with van der Waals surface area (Å²) in [6.45, 7) is 3.02. The number of hydrogen-bond acceptors (Lipinski definition) is 4. The van der Waals surface area contributed by atoms with Crippen molar-refractivity contribution < 1.29 is 14.3 Å². The molecule has 0 amide bonds. The van der Waals surface area contributed by atoms with Crippen LogP contribution in [0.1, 0.15) is 65.9 Å². The molecule has 2 aromatic heterocycles. The third-order valence-electron chi connectivity index (χ3n) is 7.10. The average Bonchev–Trinajstić information content (AvgIpc) is 3.42. The SMILES string of the molecule is Cc1cc(F)cn2c(=O)c(C(=O)O)c(N3CC4CCCCC4(N)C3)c(C3CC3)c12. The lowest BCUT2D eigenvalue weighted by Gasteiger charge is -2.34. The fourth-order valence-corrected chi connectivity index (χ4v) is 5.62. The molecule has 6 nitrogen and oxygen atoms in total. The molecule has 154 valence electrons. The fraction of sp³-hybridized carbons (Fsp3) is 0.545. The predicted molar refractivity (Wildman–Crippen MR) is 108 cm³/mol. The van der Waals surface area contributed by atoms with E-state index >= 15 is 0 Å². The van der Waals surface area contributed by atoms with Crippen LogP contribution in [-0.4, -0.2) is 34.1 Å². The fourth-order valence-electron chi connectivity index (χ4n) is 5.62. The summed E-state index contributed by atoms with van der Waals surface area (Å²) in [6.07, 6.45) is 7.18. The van der Waals surface area contributed by atoms with Gasteiger partial charge in [0.05, 0.1) is 11.2 Å². The van der Waals surface area contributed by atoms with Crippen LogP contribution in [0.15, 0.2) is 17.1 Å². The molecule has 0 radical (unpaired) electrons. The number of anilines is 1. The largest absolute Gasteiger partial charge is 0.477 e. The Morgan fingerprint density at radius 3 is 2.72 bits per heavy atom. The molecular formula is C22H26FN3O3. The minimum atomic E-state index is -1.26. The topological polar surface area (TPSA) is 88.0 Å². The molecule has 3 N–H and O–H groups in total. The van der Waals surface area contributed by atoms with Crippen LogP contribution in [0.5, 0.6) is 0 Å². The van der Waals surface area contributed by atoms with E-state index in [2.05, 4.69) is 4.90 Å². The zero-order valence-electron chi connectivity index (χ0n) is 16.6. The van der Waals surface area contributed by atoms with Gasteiger partial charge in [0.1, 0.15) is 11.4 Å². The number of halogens is 1. The van der Waals surface area contributed by atoms with Crippen molar-refractivity contribution in [2.24, 2.45) is 11.7 Å². The van der Waals surface area contributed by atoms with Gasteiger partial charge in [-0.3, -0.25) is 9.20 Å². The molecule has 1 aliphatic heterocycles. The molecule has 3 fully saturated rings. The highest BCUT2D eigenvalue weighted by molar-refractivity contribution is 5.97. The number of aromatic carboxylic acids is 1. The molecular weight excluding hydrogens is 373 g/mol. The minimum absolute atomic E-state index is 0.194. The van der Waals surface area contributed by atoms with Crippen molar-refractivity contribution in [1.29, 1.82) is 0 Å². The zero-order chi connectivity index (χ0) is 20.5. The standard InChI is InChI=1S/C22H26FN3O3/c1-12-8-15(23)10-26-18(12)16(13-5-6-13)19(17(20(26)27)21(28)29)25-9-14-4-2-3-7-22(14,24)11-25/h8,10,13-14H,2-7,9,11,24H2,1H3,(H,28,29). The van der Waals surface area contributed by atoms with E-state index in [4.69, 9.17) is 5.73 Å². The van der Waals surface area contributed by atoms with Crippen LogP contribution < -0.4 is 16.2 Å². The lowest BCUT2D eigenvalue weighted by atomic mass is 9.76. The summed E-state index contributed by atoms with van der Waals surface area (Å²) in [6, 6.07) is 1.42. The Bertz CT molecular complexity index is 1090. The van der Waals surface area contributed by atoms with E-state index in [1.165, 1.54) is 10.5 Å². The van der Waals surface area contributed by atoms with Crippen LogP contribution in [0.3, 0.4) is 0 Å². The third-order valence-corrected chi connectivity index (χ3v) is 7.10. The quantitative estimate of drug-likeness (QED) is 0.828. The van der Waals surface area contributed by atoms with E-state index in [0.717, 1.165) is 50.3 Å². The zero-order valence-corrected chi connectivity index (χ0v) is 16.6. The normalized spacial score (nSPS) is 26.7. The summed E-state index contributed by atoms with van der Waals surface area (Å²) in [4.78, 5) is 27.5. The van der Waals surface area contributed by atoms with Crippen LogP contribution in [0.25, 0.3) is 5.52 Å². The first-order chi connectivity index (χ1) is 13.8. The van der Waals surface area contributed by atoms with Gasteiger partial charge in [-0.25, -0.2) is 9.18 Å². The molecule has 3 aliphatic rings. The molecule has 1 saturated heterocycles. The Hall–Kier alpha value is -2.41. The van der Waals surface area contributed by atoms with E-state index in [1.54, 1.807) is 6.92 Å². The number of carboxylic acids is 1. The molecule has 7 heteroatoms. The average molecular weight is 399 g/mol. The first-order valence-corrected chi connectivity index (χ1v) is 10.5. The number of aryl methyl sites for hydroxylation is 1. The van der Waals surface area contributed by atoms with Gasteiger partial charge in [-0.05, 0) is 56.1 Å². The van der Waals surface area contributed by atoms with Gasteiger partial charge in [0, 0.05) is 30.4 Å².